The first kappa shape index (κ1) is 26.0. The van der Waals surface area contributed by atoms with Gasteiger partial charge in [0.15, 0.2) is 6.61 Å². The molecule has 2 atom stereocenters. The third-order valence-corrected chi connectivity index (χ3v) is 6.15. The van der Waals surface area contributed by atoms with E-state index < -0.39 is 6.04 Å². The lowest BCUT2D eigenvalue weighted by Crippen LogP contribution is -2.50. The average molecular weight is 479 g/mol. The quantitative estimate of drug-likeness (QED) is 0.467. The minimum Gasteiger partial charge on any atom is -0.484 e. The number of benzene rings is 2. The van der Waals surface area contributed by atoms with E-state index in [1.54, 1.807) is 25.1 Å². The zero-order chi connectivity index (χ0) is 23.8. The van der Waals surface area contributed by atoms with Crippen LogP contribution in [0.25, 0.3) is 0 Å². The van der Waals surface area contributed by atoms with E-state index in [2.05, 4.69) is 19.2 Å². The van der Waals surface area contributed by atoms with Crippen molar-refractivity contribution >= 4 is 35.0 Å². The van der Waals surface area contributed by atoms with Crippen LogP contribution in [0.2, 0.25) is 10.0 Å². The summed E-state index contributed by atoms with van der Waals surface area (Å²) in [6.07, 6.45) is 0.800. The highest BCUT2D eigenvalue weighted by Crippen LogP contribution is 2.24. The molecule has 0 fully saturated rings. The van der Waals surface area contributed by atoms with Crippen molar-refractivity contribution in [3.63, 3.8) is 0 Å². The minimum atomic E-state index is -0.683. The van der Waals surface area contributed by atoms with E-state index in [-0.39, 0.29) is 31.0 Å². The van der Waals surface area contributed by atoms with Gasteiger partial charge in [-0.05, 0) is 61.6 Å². The van der Waals surface area contributed by atoms with Gasteiger partial charge in [0, 0.05) is 12.6 Å². The normalized spacial score (nSPS) is 12.9. The molecule has 5 nitrogen and oxygen atoms in total. The van der Waals surface area contributed by atoms with Gasteiger partial charge < -0.3 is 15.0 Å². The van der Waals surface area contributed by atoms with Crippen LogP contribution in [0.4, 0.5) is 0 Å². The number of hydrogen-bond acceptors (Lipinski definition) is 3. The van der Waals surface area contributed by atoms with Crippen LogP contribution in [0, 0.1) is 0 Å². The van der Waals surface area contributed by atoms with E-state index in [0.29, 0.717) is 21.7 Å². The molecule has 0 aliphatic carbocycles. The Kier molecular flexibility index (Phi) is 9.85. The van der Waals surface area contributed by atoms with Crippen LogP contribution in [0.15, 0.2) is 42.5 Å². The highest BCUT2D eigenvalue weighted by atomic mass is 35.5. The predicted octanol–water partition coefficient (Wildman–Crippen LogP) is 5.83. The van der Waals surface area contributed by atoms with E-state index in [9.17, 15) is 9.59 Å². The van der Waals surface area contributed by atoms with Crippen LogP contribution in [-0.4, -0.2) is 35.4 Å². The smallest absolute Gasteiger partial charge is 0.261 e. The van der Waals surface area contributed by atoms with Crippen LogP contribution in [0.5, 0.6) is 5.75 Å². The van der Waals surface area contributed by atoms with Crippen molar-refractivity contribution in [2.75, 3.05) is 6.61 Å². The lowest BCUT2D eigenvalue weighted by molar-refractivity contribution is -0.142. The van der Waals surface area contributed by atoms with Gasteiger partial charge in [0.2, 0.25) is 5.91 Å². The molecule has 7 heteroatoms. The fourth-order valence-corrected chi connectivity index (χ4v) is 3.38. The Hall–Kier alpha value is -2.24. The monoisotopic (exact) mass is 478 g/mol. The van der Waals surface area contributed by atoms with Crippen molar-refractivity contribution in [1.82, 2.24) is 10.2 Å². The topological polar surface area (TPSA) is 58.6 Å². The van der Waals surface area contributed by atoms with Crippen LogP contribution in [-0.2, 0) is 16.1 Å². The molecule has 0 aliphatic rings. The molecule has 0 bridgehead atoms. The lowest BCUT2D eigenvalue weighted by atomic mass is 10.0. The largest absolute Gasteiger partial charge is 0.484 e. The summed E-state index contributed by atoms with van der Waals surface area (Å²) in [5.74, 6) is 0.510. The summed E-state index contributed by atoms with van der Waals surface area (Å²) in [6.45, 7) is 9.90. The summed E-state index contributed by atoms with van der Waals surface area (Å²) < 4.78 is 5.73. The Morgan fingerprint density at radius 2 is 1.66 bits per heavy atom. The summed E-state index contributed by atoms with van der Waals surface area (Å²) in [7, 11) is 0. The molecular formula is C25H32Cl2N2O3. The van der Waals surface area contributed by atoms with Crippen LogP contribution in [0.1, 0.15) is 58.1 Å². The standard InChI is InChI=1S/C25H32Cl2N2O3/c1-6-17(4)28-25(31)18(5)29(14-19-7-12-22(26)23(27)13-19)24(30)15-32-21-10-8-20(9-11-21)16(2)3/h7-13,16-18H,6,14-15H2,1-5H3,(H,28,31)/t17-,18+/m1/s1. The van der Waals surface area contributed by atoms with Crippen molar-refractivity contribution in [3.8, 4) is 5.75 Å². The molecule has 32 heavy (non-hydrogen) atoms. The number of nitrogens with one attached hydrogen (secondary N) is 1. The molecule has 0 radical (unpaired) electrons. The summed E-state index contributed by atoms with van der Waals surface area (Å²) in [6, 6.07) is 12.2. The second-order valence-corrected chi connectivity index (χ2v) is 9.09. The van der Waals surface area contributed by atoms with Gasteiger partial charge >= 0.3 is 0 Å². The van der Waals surface area contributed by atoms with E-state index >= 15 is 0 Å². The summed E-state index contributed by atoms with van der Waals surface area (Å²) in [5, 5.41) is 3.77. The number of nitrogens with zero attached hydrogens (tertiary/aromatic N) is 1. The highest BCUT2D eigenvalue weighted by Gasteiger charge is 2.27. The number of halogens is 2. The maximum atomic E-state index is 13.1. The molecule has 2 aromatic carbocycles. The number of carbonyl (C=O) groups excluding carboxylic acids is 2. The minimum absolute atomic E-state index is 0.0163. The van der Waals surface area contributed by atoms with Gasteiger partial charge in [0.25, 0.3) is 5.91 Å². The summed E-state index contributed by atoms with van der Waals surface area (Å²) in [4.78, 5) is 27.4. The van der Waals surface area contributed by atoms with Gasteiger partial charge in [-0.2, -0.15) is 0 Å². The van der Waals surface area contributed by atoms with E-state index in [1.165, 1.54) is 10.5 Å². The van der Waals surface area contributed by atoms with Gasteiger partial charge in [-0.25, -0.2) is 0 Å². The Morgan fingerprint density at radius 3 is 2.22 bits per heavy atom. The van der Waals surface area contributed by atoms with Crippen molar-refractivity contribution in [2.45, 2.75) is 65.6 Å². The third-order valence-electron chi connectivity index (χ3n) is 5.41. The molecule has 0 spiro atoms. The summed E-state index contributed by atoms with van der Waals surface area (Å²) in [5.41, 5.74) is 1.97. The Morgan fingerprint density at radius 1 is 1.00 bits per heavy atom. The van der Waals surface area contributed by atoms with Crippen molar-refractivity contribution < 1.29 is 14.3 Å². The molecule has 1 N–H and O–H groups in total. The first-order chi connectivity index (χ1) is 15.1. The molecule has 2 rings (SSSR count). The van der Waals surface area contributed by atoms with Crippen molar-refractivity contribution in [3.05, 3.63) is 63.6 Å². The van der Waals surface area contributed by atoms with E-state index in [4.69, 9.17) is 27.9 Å². The molecule has 0 saturated carbocycles. The number of amides is 2. The fraction of sp³-hybridized carbons (Fsp3) is 0.440. The average Bonchev–Trinajstić information content (AvgIpc) is 2.77. The maximum Gasteiger partial charge on any atom is 0.261 e. The lowest BCUT2D eigenvalue weighted by Gasteiger charge is -2.29. The predicted molar refractivity (Wildman–Crippen MR) is 130 cm³/mol. The number of ether oxygens (including phenoxy) is 1. The third kappa shape index (κ3) is 7.42. The molecule has 0 aromatic heterocycles. The van der Waals surface area contributed by atoms with Crippen LogP contribution < -0.4 is 10.1 Å². The molecule has 0 unspecified atom stereocenters. The SMILES string of the molecule is CC[C@@H](C)NC(=O)[C@H](C)N(Cc1ccc(Cl)c(Cl)c1)C(=O)COc1ccc(C(C)C)cc1. The fourth-order valence-electron chi connectivity index (χ4n) is 3.06. The second-order valence-electron chi connectivity index (χ2n) is 8.28. The highest BCUT2D eigenvalue weighted by molar-refractivity contribution is 6.42. The van der Waals surface area contributed by atoms with E-state index in [0.717, 1.165) is 12.0 Å². The zero-order valence-electron chi connectivity index (χ0n) is 19.3. The van der Waals surface area contributed by atoms with Gasteiger partial charge in [0.1, 0.15) is 11.8 Å². The second kappa shape index (κ2) is 12.1. The van der Waals surface area contributed by atoms with Crippen LogP contribution >= 0.6 is 23.2 Å². The summed E-state index contributed by atoms with van der Waals surface area (Å²) >= 11 is 12.2. The van der Waals surface area contributed by atoms with Crippen LogP contribution in [0.3, 0.4) is 0 Å². The zero-order valence-corrected chi connectivity index (χ0v) is 20.8. The van der Waals surface area contributed by atoms with Gasteiger partial charge in [-0.15, -0.1) is 0 Å². The molecule has 2 aromatic rings. The molecule has 0 saturated heterocycles. The van der Waals surface area contributed by atoms with Gasteiger partial charge in [-0.3, -0.25) is 9.59 Å². The van der Waals surface area contributed by atoms with Crippen molar-refractivity contribution in [1.29, 1.82) is 0 Å². The van der Waals surface area contributed by atoms with Gasteiger partial charge in [-0.1, -0.05) is 62.2 Å². The maximum absolute atomic E-state index is 13.1. The number of hydrogen-bond donors (Lipinski definition) is 1. The Bertz CT molecular complexity index is 916. The molecule has 2 amide bonds. The number of carbonyl (C=O) groups is 2. The molecule has 0 aliphatic heterocycles. The first-order valence-corrected chi connectivity index (χ1v) is 11.6. The Labute approximate surface area is 201 Å². The Balaban J connectivity index is 2.16. The molecular weight excluding hydrogens is 447 g/mol. The number of rotatable bonds is 10. The first-order valence-electron chi connectivity index (χ1n) is 10.9. The van der Waals surface area contributed by atoms with Gasteiger partial charge in [0.05, 0.1) is 10.0 Å². The molecule has 174 valence electrons. The van der Waals surface area contributed by atoms with Crippen molar-refractivity contribution in [2.24, 2.45) is 0 Å². The molecule has 0 heterocycles. The van der Waals surface area contributed by atoms with E-state index in [1.807, 2.05) is 38.1 Å².